The van der Waals surface area contributed by atoms with Crippen molar-refractivity contribution >= 4 is 37.8 Å². The average molecular weight is 545 g/mol. The minimum Gasteiger partial charge on any atom is -0.506 e. The van der Waals surface area contributed by atoms with Gasteiger partial charge in [0.2, 0.25) is 0 Å². The Bertz CT molecular complexity index is 1860. The van der Waals surface area contributed by atoms with Crippen LogP contribution in [0.3, 0.4) is 0 Å². The highest BCUT2D eigenvalue weighted by molar-refractivity contribution is 7.87. The molecule has 0 fully saturated rings. The molecule has 0 aliphatic carbocycles. The number of aromatic carboxylic acids is 1. The normalized spacial score (nSPS) is 11.8. The van der Waals surface area contributed by atoms with Gasteiger partial charge in [0.1, 0.15) is 27.7 Å². The summed E-state index contributed by atoms with van der Waals surface area (Å²) in [4.78, 5) is 10.7. The van der Waals surface area contributed by atoms with E-state index in [0.29, 0.717) is 24.0 Å². The molecular weight excluding hydrogens is 516 g/mol. The topological polar surface area (TPSA) is 114 Å². The first-order chi connectivity index (χ1) is 18.6. The molecule has 0 bridgehead atoms. The van der Waals surface area contributed by atoms with Gasteiger partial charge in [-0.15, -0.1) is 0 Å². The molecule has 0 aliphatic rings. The molecule has 7 nitrogen and oxygen atoms in total. The Balaban J connectivity index is 1.70. The number of rotatable bonds is 7. The van der Waals surface area contributed by atoms with E-state index in [2.05, 4.69) is 6.07 Å². The Hall–Kier alpha value is -4.30. The van der Waals surface area contributed by atoms with Crippen molar-refractivity contribution < 1.29 is 32.0 Å². The summed E-state index contributed by atoms with van der Waals surface area (Å²) in [6.45, 7) is 7.82. The van der Waals surface area contributed by atoms with Gasteiger partial charge in [0.25, 0.3) is 0 Å². The fourth-order valence-electron chi connectivity index (χ4n) is 5.04. The Morgan fingerprint density at radius 3 is 2.23 bits per heavy atom. The summed E-state index contributed by atoms with van der Waals surface area (Å²) < 4.78 is 38.2. The van der Waals surface area contributed by atoms with Gasteiger partial charge in [-0.3, -0.25) is 0 Å². The van der Waals surface area contributed by atoms with Crippen LogP contribution in [0.4, 0.5) is 0 Å². The SMILES string of the molecule is CCc1cc(-c2c3ccccc3cc3oc(C)c(C)c23)cc(CC)c1OS(=O)(=O)c1ccc(C(=O)O)cc1O. The van der Waals surface area contributed by atoms with Crippen LogP contribution in [0.25, 0.3) is 32.9 Å². The van der Waals surface area contributed by atoms with Crippen LogP contribution in [-0.4, -0.2) is 24.6 Å². The van der Waals surface area contributed by atoms with E-state index < -0.39 is 26.7 Å². The van der Waals surface area contributed by atoms with E-state index in [0.717, 1.165) is 62.4 Å². The van der Waals surface area contributed by atoms with E-state index in [4.69, 9.17) is 13.7 Å². The molecular formula is C31H28O7S. The van der Waals surface area contributed by atoms with Gasteiger partial charge < -0.3 is 18.8 Å². The van der Waals surface area contributed by atoms with Crippen LogP contribution >= 0.6 is 0 Å². The molecule has 4 aromatic carbocycles. The standard InChI is InChI=1S/C31H28O7S/c1-5-19-13-23(29-24-10-8-7-9-21(24)16-26-28(29)17(3)18(4)37-26)14-20(6-2)30(19)38-39(35,36)27-12-11-22(31(33)34)15-25(27)32/h7-16,32H,5-6H2,1-4H3,(H,33,34). The Labute approximate surface area is 226 Å². The third-order valence-corrected chi connectivity index (χ3v) is 8.41. The zero-order chi connectivity index (χ0) is 28.1. The average Bonchev–Trinajstić information content (AvgIpc) is 3.19. The molecule has 0 atom stereocenters. The maximum absolute atomic E-state index is 13.2. The van der Waals surface area contributed by atoms with E-state index in [9.17, 15) is 18.3 Å². The quantitative estimate of drug-likeness (QED) is 0.209. The number of phenols is 1. The van der Waals surface area contributed by atoms with E-state index in [1.807, 2.05) is 64.1 Å². The first kappa shape index (κ1) is 26.3. The number of hydrogen-bond donors (Lipinski definition) is 2. The number of carbonyl (C=O) groups is 1. The van der Waals surface area contributed by atoms with Crippen LogP contribution in [0, 0.1) is 13.8 Å². The third kappa shape index (κ3) is 4.51. The van der Waals surface area contributed by atoms with Gasteiger partial charge in [0.05, 0.1) is 5.56 Å². The number of benzene rings is 4. The number of aryl methyl sites for hydroxylation is 4. The van der Waals surface area contributed by atoms with Gasteiger partial charge >= 0.3 is 16.1 Å². The minimum atomic E-state index is -4.46. The number of hydrogen-bond acceptors (Lipinski definition) is 6. The van der Waals surface area contributed by atoms with E-state index >= 15 is 0 Å². The lowest BCUT2D eigenvalue weighted by Gasteiger charge is -2.18. The number of phenolic OH excluding ortho intramolecular Hbond substituents is 1. The van der Waals surface area contributed by atoms with Crippen molar-refractivity contribution in [1.29, 1.82) is 0 Å². The summed E-state index contributed by atoms with van der Waals surface area (Å²) >= 11 is 0. The van der Waals surface area contributed by atoms with Gasteiger partial charge in [0, 0.05) is 10.9 Å². The first-order valence-electron chi connectivity index (χ1n) is 12.6. The molecule has 200 valence electrons. The van der Waals surface area contributed by atoms with Crippen LogP contribution in [-0.2, 0) is 23.0 Å². The predicted molar refractivity (Wildman–Crippen MR) is 150 cm³/mol. The number of aromatic hydroxyl groups is 1. The molecule has 0 amide bonds. The van der Waals surface area contributed by atoms with Crippen molar-refractivity contribution in [2.24, 2.45) is 0 Å². The molecule has 0 aliphatic heterocycles. The highest BCUT2D eigenvalue weighted by Gasteiger charge is 2.26. The van der Waals surface area contributed by atoms with Gasteiger partial charge in [-0.1, -0.05) is 38.1 Å². The Morgan fingerprint density at radius 1 is 0.949 bits per heavy atom. The summed E-state index contributed by atoms with van der Waals surface area (Å²) in [6.07, 6.45) is 0.986. The molecule has 5 aromatic rings. The second-order valence-electron chi connectivity index (χ2n) is 9.48. The highest BCUT2D eigenvalue weighted by atomic mass is 32.2. The highest BCUT2D eigenvalue weighted by Crippen LogP contribution is 2.43. The van der Waals surface area contributed by atoms with E-state index in [-0.39, 0.29) is 11.3 Å². The zero-order valence-corrected chi connectivity index (χ0v) is 22.8. The lowest BCUT2D eigenvalue weighted by Crippen LogP contribution is -2.13. The molecule has 0 radical (unpaired) electrons. The Morgan fingerprint density at radius 2 is 1.62 bits per heavy atom. The van der Waals surface area contributed by atoms with E-state index in [1.54, 1.807) is 0 Å². The van der Waals surface area contributed by atoms with Crippen LogP contribution in [0.1, 0.15) is 46.7 Å². The summed E-state index contributed by atoms with van der Waals surface area (Å²) in [5, 5.41) is 22.6. The predicted octanol–water partition coefficient (Wildman–Crippen LogP) is 7.17. The number of fused-ring (bicyclic) bond motifs is 2. The molecule has 8 heteroatoms. The fraction of sp³-hybridized carbons (Fsp3) is 0.194. The largest absolute Gasteiger partial charge is 0.506 e. The summed E-state index contributed by atoms with van der Waals surface area (Å²) in [6, 6.07) is 17.1. The minimum absolute atomic E-state index is 0.210. The molecule has 5 rings (SSSR count). The van der Waals surface area contributed by atoms with Crippen LogP contribution in [0.15, 0.2) is 70.0 Å². The second kappa shape index (κ2) is 9.78. The van der Waals surface area contributed by atoms with Crippen LogP contribution in [0.5, 0.6) is 11.5 Å². The van der Waals surface area contributed by atoms with Crippen molar-refractivity contribution in [3.8, 4) is 22.6 Å². The van der Waals surface area contributed by atoms with Gasteiger partial charge in [-0.25, -0.2) is 4.79 Å². The summed E-state index contributed by atoms with van der Waals surface area (Å²) in [5.41, 5.74) is 4.92. The molecule has 1 heterocycles. The van der Waals surface area contributed by atoms with E-state index in [1.165, 1.54) is 0 Å². The Kier molecular flexibility index (Phi) is 6.60. The van der Waals surface area contributed by atoms with Gasteiger partial charge in [-0.2, -0.15) is 8.42 Å². The van der Waals surface area contributed by atoms with Crippen molar-refractivity contribution in [1.82, 2.24) is 0 Å². The molecule has 0 saturated heterocycles. The first-order valence-corrected chi connectivity index (χ1v) is 14.0. The summed E-state index contributed by atoms with van der Waals surface area (Å²) in [5.74, 6) is -0.917. The van der Waals surface area contributed by atoms with Crippen molar-refractivity contribution in [2.45, 2.75) is 45.4 Å². The zero-order valence-electron chi connectivity index (χ0n) is 22.0. The second-order valence-corrected chi connectivity index (χ2v) is 11.0. The smallest absolute Gasteiger partial charge is 0.342 e. The monoisotopic (exact) mass is 544 g/mol. The maximum atomic E-state index is 13.2. The third-order valence-electron chi connectivity index (χ3n) is 7.14. The molecule has 0 saturated carbocycles. The summed E-state index contributed by atoms with van der Waals surface area (Å²) in [7, 11) is -4.46. The van der Waals surface area contributed by atoms with Gasteiger partial charge in [-0.05, 0) is 96.1 Å². The molecule has 2 N–H and O–H groups in total. The molecule has 1 aromatic heterocycles. The number of furan rings is 1. The van der Waals surface area contributed by atoms with Crippen molar-refractivity contribution in [3.63, 3.8) is 0 Å². The van der Waals surface area contributed by atoms with Gasteiger partial charge in [0.15, 0.2) is 0 Å². The molecule has 0 unspecified atom stereocenters. The van der Waals surface area contributed by atoms with Crippen molar-refractivity contribution in [2.75, 3.05) is 0 Å². The molecule has 0 spiro atoms. The maximum Gasteiger partial charge on any atom is 0.342 e. The number of carboxylic acids is 1. The lowest BCUT2D eigenvalue weighted by atomic mass is 9.90. The van der Waals surface area contributed by atoms with Crippen molar-refractivity contribution in [3.05, 3.63) is 88.7 Å². The lowest BCUT2D eigenvalue weighted by molar-refractivity contribution is 0.0696. The fourth-order valence-corrected chi connectivity index (χ4v) is 6.11. The molecule has 39 heavy (non-hydrogen) atoms. The van der Waals surface area contributed by atoms with Crippen LogP contribution in [0.2, 0.25) is 0 Å². The van der Waals surface area contributed by atoms with Crippen LogP contribution < -0.4 is 4.18 Å². The number of carboxylic acid groups (broad SMARTS) is 1.